The third-order valence-electron chi connectivity index (χ3n) is 4.68. The molecule has 2 aliphatic rings. The summed E-state index contributed by atoms with van der Waals surface area (Å²) in [6.07, 6.45) is 7.15. The summed E-state index contributed by atoms with van der Waals surface area (Å²) >= 11 is 0. The molecular formula is C14H18N2O2. The quantitative estimate of drug-likeness (QED) is 0.644. The van der Waals surface area contributed by atoms with Crippen molar-refractivity contribution in [1.82, 2.24) is 0 Å². The van der Waals surface area contributed by atoms with Crippen molar-refractivity contribution in [3.63, 3.8) is 0 Å². The Hall–Kier alpha value is -1.42. The topological polar surface area (TPSA) is 69.2 Å². The second-order valence-corrected chi connectivity index (χ2v) is 6.02. The summed E-state index contributed by atoms with van der Waals surface area (Å²) in [4.78, 5) is 10.5. The van der Waals surface area contributed by atoms with Crippen LogP contribution in [-0.4, -0.2) is 4.92 Å². The third-order valence-corrected chi connectivity index (χ3v) is 4.68. The van der Waals surface area contributed by atoms with E-state index in [1.54, 1.807) is 12.1 Å². The van der Waals surface area contributed by atoms with Gasteiger partial charge in [-0.05, 0) is 36.7 Å². The fraction of sp³-hybridized carbons (Fsp3) is 0.571. The Morgan fingerprint density at radius 3 is 2.50 bits per heavy atom. The molecule has 0 aromatic heterocycles. The summed E-state index contributed by atoms with van der Waals surface area (Å²) in [5.41, 5.74) is 7.60. The summed E-state index contributed by atoms with van der Waals surface area (Å²) in [6.45, 7) is 0. The fourth-order valence-electron chi connectivity index (χ4n) is 3.90. The van der Waals surface area contributed by atoms with Crippen molar-refractivity contribution in [3.8, 4) is 0 Å². The van der Waals surface area contributed by atoms with Crippen molar-refractivity contribution in [2.24, 2.45) is 11.1 Å². The average molecular weight is 246 g/mol. The van der Waals surface area contributed by atoms with Crippen LogP contribution in [-0.2, 0) is 5.54 Å². The monoisotopic (exact) mass is 246 g/mol. The molecule has 18 heavy (non-hydrogen) atoms. The molecule has 0 aliphatic heterocycles. The first kappa shape index (κ1) is 11.7. The summed E-state index contributed by atoms with van der Waals surface area (Å²) in [5.74, 6) is 0. The molecule has 0 radical (unpaired) electrons. The number of hydrogen-bond acceptors (Lipinski definition) is 3. The van der Waals surface area contributed by atoms with Crippen LogP contribution >= 0.6 is 0 Å². The predicted octanol–water partition coefficient (Wildman–Crippen LogP) is 3.10. The molecular weight excluding hydrogens is 228 g/mol. The third kappa shape index (κ3) is 1.72. The number of benzene rings is 1. The van der Waals surface area contributed by atoms with Gasteiger partial charge < -0.3 is 5.73 Å². The minimum absolute atomic E-state index is 0.143. The van der Waals surface area contributed by atoms with Gasteiger partial charge in [0.15, 0.2) is 0 Å². The van der Waals surface area contributed by atoms with Gasteiger partial charge in [-0.25, -0.2) is 0 Å². The van der Waals surface area contributed by atoms with Gasteiger partial charge in [0.2, 0.25) is 0 Å². The van der Waals surface area contributed by atoms with Crippen LogP contribution < -0.4 is 5.73 Å². The molecule has 1 spiro atoms. The molecule has 1 aromatic rings. The van der Waals surface area contributed by atoms with Crippen LogP contribution in [0.2, 0.25) is 0 Å². The number of nitro groups is 1. The second kappa shape index (κ2) is 3.79. The van der Waals surface area contributed by atoms with E-state index in [1.165, 1.54) is 31.7 Å². The zero-order valence-corrected chi connectivity index (χ0v) is 10.4. The highest BCUT2D eigenvalue weighted by atomic mass is 16.6. The van der Waals surface area contributed by atoms with E-state index < -0.39 is 0 Å². The molecule has 96 valence electrons. The zero-order chi connectivity index (χ0) is 12.8. The molecule has 4 heteroatoms. The van der Waals surface area contributed by atoms with Crippen LogP contribution in [0.1, 0.15) is 44.1 Å². The SMILES string of the molecule is NC1(c2cccc([N+](=O)[O-])c2)CC2(CCCC2)C1. The molecule has 3 rings (SSSR count). The molecule has 0 unspecified atom stereocenters. The van der Waals surface area contributed by atoms with Gasteiger partial charge in [0.05, 0.1) is 4.92 Å². The number of hydrogen-bond donors (Lipinski definition) is 1. The van der Waals surface area contributed by atoms with Crippen molar-refractivity contribution in [3.05, 3.63) is 39.9 Å². The van der Waals surface area contributed by atoms with E-state index in [1.807, 2.05) is 6.07 Å². The number of nitro benzene ring substituents is 1. The lowest BCUT2D eigenvalue weighted by Gasteiger charge is -2.53. The Balaban J connectivity index is 1.83. The molecule has 4 nitrogen and oxygen atoms in total. The molecule has 1 aromatic carbocycles. The highest BCUT2D eigenvalue weighted by Gasteiger charge is 2.53. The van der Waals surface area contributed by atoms with Gasteiger partial charge >= 0.3 is 0 Å². The average Bonchev–Trinajstić information content (AvgIpc) is 2.77. The number of rotatable bonds is 2. The van der Waals surface area contributed by atoms with Crippen molar-refractivity contribution < 1.29 is 4.92 Å². The van der Waals surface area contributed by atoms with E-state index in [0.717, 1.165) is 18.4 Å². The Morgan fingerprint density at radius 2 is 1.89 bits per heavy atom. The minimum atomic E-state index is -0.350. The lowest BCUT2D eigenvalue weighted by Crippen LogP contribution is -2.54. The number of nitrogens with two attached hydrogens (primary N) is 1. The molecule has 0 atom stereocenters. The highest BCUT2D eigenvalue weighted by molar-refractivity contribution is 5.39. The summed E-state index contributed by atoms with van der Waals surface area (Å²) in [7, 11) is 0. The maximum Gasteiger partial charge on any atom is 0.269 e. The van der Waals surface area contributed by atoms with Gasteiger partial charge in [-0.3, -0.25) is 10.1 Å². The van der Waals surface area contributed by atoms with E-state index in [2.05, 4.69) is 0 Å². The van der Waals surface area contributed by atoms with E-state index in [-0.39, 0.29) is 16.1 Å². The maximum absolute atomic E-state index is 10.8. The minimum Gasteiger partial charge on any atom is -0.321 e. The summed E-state index contributed by atoms with van der Waals surface area (Å²) in [5, 5.41) is 10.8. The molecule has 2 fully saturated rings. The molecule has 2 aliphatic carbocycles. The fourth-order valence-corrected chi connectivity index (χ4v) is 3.90. The largest absolute Gasteiger partial charge is 0.321 e. The first-order valence-corrected chi connectivity index (χ1v) is 6.57. The molecule has 0 amide bonds. The first-order valence-electron chi connectivity index (χ1n) is 6.57. The Kier molecular flexibility index (Phi) is 2.45. The van der Waals surface area contributed by atoms with Crippen molar-refractivity contribution >= 4 is 5.69 Å². The summed E-state index contributed by atoms with van der Waals surface area (Å²) in [6, 6.07) is 6.83. The van der Waals surface area contributed by atoms with Gasteiger partial charge in [-0.2, -0.15) is 0 Å². The molecule has 0 heterocycles. The van der Waals surface area contributed by atoms with Crippen LogP contribution in [0.5, 0.6) is 0 Å². The lowest BCUT2D eigenvalue weighted by atomic mass is 9.54. The van der Waals surface area contributed by atoms with Crippen LogP contribution in [0.25, 0.3) is 0 Å². The maximum atomic E-state index is 10.8. The van der Waals surface area contributed by atoms with Crippen molar-refractivity contribution in [1.29, 1.82) is 0 Å². The predicted molar refractivity (Wildman–Crippen MR) is 69.1 cm³/mol. The van der Waals surface area contributed by atoms with E-state index in [0.29, 0.717) is 5.41 Å². The summed E-state index contributed by atoms with van der Waals surface area (Å²) < 4.78 is 0. The van der Waals surface area contributed by atoms with Gasteiger partial charge in [0, 0.05) is 17.7 Å². The number of nitrogens with zero attached hydrogens (tertiary/aromatic N) is 1. The number of non-ortho nitro benzene ring substituents is 1. The second-order valence-electron chi connectivity index (χ2n) is 6.02. The van der Waals surface area contributed by atoms with Crippen LogP contribution in [0.15, 0.2) is 24.3 Å². The van der Waals surface area contributed by atoms with E-state index in [9.17, 15) is 10.1 Å². The Bertz CT molecular complexity index is 484. The van der Waals surface area contributed by atoms with Crippen LogP contribution in [0.4, 0.5) is 5.69 Å². The van der Waals surface area contributed by atoms with Crippen molar-refractivity contribution in [2.75, 3.05) is 0 Å². The van der Waals surface area contributed by atoms with E-state index >= 15 is 0 Å². The molecule has 0 bridgehead atoms. The van der Waals surface area contributed by atoms with Gasteiger partial charge in [-0.1, -0.05) is 25.0 Å². The van der Waals surface area contributed by atoms with Gasteiger partial charge in [0.25, 0.3) is 5.69 Å². The highest BCUT2D eigenvalue weighted by Crippen LogP contribution is 2.60. The van der Waals surface area contributed by atoms with E-state index in [4.69, 9.17) is 5.73 Å². The van der Waals surface area contributed by atoms with Gasteiger partial charge in [-0.15, -0.1) is 0 Å². The molecule has 2 N–H and O–H groups in total. The van der Waals surface area contributed by atoms with Crippen LogP contribution in [0, 0.1) is 15.5 Å². The smallest absolute Gasteiger partial charge is 0.269 e. The normalized spacial score (nSPS) is 23.8. The Morgan fingerprint density at radius 1 is 1.22 bits per heavy atom. The molecule has 2 saturated carbocycles. The zero-order valence-electron chi connectivity index (χ0n) is 10.4. The Labute approximate surface area is 106 Å². The van der Waals surface area contributed by atoms with Crippen molar-refractivity contribution in [2.45, 2.75) is 44.1 Å². The standard InChI is InChI=1S/C14H18N2O2/c15-14(9-13(10-14)6-1-2-7-13)11-4-3-5-12(8-11)16(17)18/h3-5,8H,1-2,6-7,9-10,15H2. The van der Waals surface area contributed by atoms with Gasteiger partial charge in [0.1, 0.15) is 0 Å². The van der Waals surface area contributed by atoms with Crippen LogP contribution in [0.3, 0.4) is 0 Å². The first-order chi connectivity index (χ1) is 8.53. The lowest BCUT2D eigenvalue weighted by molar-refractivity contribution is -0.385. The molecule has 0 saturated heterocycles.